The third-order valence-corrected chi connectivity index (χ3v) is 3.68. The van der Waals surface area contributed by atoms with Crippen molar-refractivity contribution in [2.45, 2.75) is 32.7 Å². The molecule has 2 rings (SSSR count). The second-order valence-corrected chi connectivity index (χ2v) is 6.50. The van der Waals surface area contributed by atoms with Gasteiger partial charge in [0.15, 0.2) is 0 Å². The van der Waals surface area contributed by atoms with Crippen LogP contribution in [0.1, 0.15) is 37.5 Å². The Kier molecular flexibility index (Phi) is 4.71. The van der Waals surface area contributed by atoms with Crippen LogP contribution in [-0.4, -0.2) is 6.03 Å². The standard InChI is InChI=1S/C19H21N3O/c1-19(2,3)16-10-9-15(12-20)11-17(16)22(18(21)23)13-14-7-5-4-6-8-14/h4-11H,13H2,1-3H3,(H2,21,23). The van der Waals surface area contributed by atoms with Gasteiger partial charge >= 0.3 is 6.03 Å². The van der Waals surface area contributed by atoms with Gasteiger partial charge in [0.1, 0.15) is 0 Å². The predicted molar refractivity (Wildman–Crippen MR) is 92.1 cm³/mol. The summed E-state index contributed by atoms with van der Waals surface area (Å²) >= 11 is 0. The minimum atomic E-state index is -0.533. The van der Waals surface area contributed by atoms with E-state index in [9.17, 15) is 10.1 Å². The van der Waals surface area contributed by atoms with Gasteiger partial charge in [-0.05, 0) is 28.7 Å². The van der Waals surface area contributed by atoms with E-state index in [1.54, 1.807) is 12.1 Å². The molecule has 4 heteroatoms. The molecule has 0 saturated heterocycles. The van der Waals surface area contributed by atoms with E-state index in [-0.39, 0.29) is 5.41 Å². The molecule has 2 N–H and O–H groups in total. The fourth-order valence-electron chi connectivity index (χ4n) is 2.51. The number of benzene rings is 2. The molecule has 2 aromatic carbocycles. The van der Waals surface area contributed by atoms with Gasteiger partial charge in [-0.15, -0.1) is 0 Å². The van der Waals surface area contributed by atoms with E-state index in [0.717, 1.165) is 11.1 Å². The lowest BCUT2D eigenvalue weighted by atomic mass is 9.84. The molecule has 2 aromatic rings. The molecule has 0 aliphatic carbocycles. The molecule has 0 heterocycles. The molecule has 118 valence electrons. The predicted octanol–water partition coefficient (Wildman–Crippen LogP) is 3.94. The highest BCUT2D eigenvalue weighted by Crippen LogP contribution is 2.33. The van der Waals surface area contributed by atoms with Crippen molar-refractivity contribution in [1.29, 1.82) is 5.26 Å². The number of nitriles is 1. The van der Waals surface area contributed by atoms with Crippen molar-refractivity contribution in [3.63, 3.8) is 0 Å². The Bertz CT molecular complexity index is 739. The molecule has 0 radical (unpaired) electrons. The third kappa shape index (κ3) is 3.89. The second kappa shape index (κ2) is 6.53. The van der Waals surface area contributed by atoms with Crippen LogP contribution in [0.3, 0.4) is 0 Å². The molecule has 0 fully saturated rings. The number of hydrogen-bond acceptors (Lipinski definition) is 2. The first-order chi connectivity index (χ1) is 10.8. The first-order valence-corrected chi connectivity index (χ1v) is 7.48. The summed E-state index contributed by atoms with van der Waals surface area (Å²) in [7, 11) is 0. The van der Waals surface area contributed by atoms with Crippen LogP contribution < -0.4 is 10.6 Å². The average molecular weight is 307 g/mol. The first-order valence-electron chi connectivity index (χ1n) is 7.48. The van der Waals surface area contributed by atoms with Crippen molar-refractivity contribution in [2.24, 2.45) is 5.73 Å². The van der Waals surface area contributed by atoms with Gasteiger partial charge in [-0.2, -0.15) is 5.26 Å². The van der Waals surface area contributed by atoms with E-state index in [1.807, 2.05) is 36.4 Å². The van der Waals surface area contributed by atoms with Gasteiger partial charge in [-0.25, -0.2) is 4.79 Å². The molecule has 0 atom stereocenters. The van der Waals surface area contributed by atoms with Gasteiger partial charge in [-0.1, -0.05) is 57.2 Å². The van der Waals surface area contributed by atoms with Gasteiger partial charge in [0.2, 0.25) is 0 Å². The number of urea groups is 1. The van der Waals surface area contributed by atoms with E-state index in [0.29, 0.717) is 17.8 Å². The quantitative estimate of drug-likeness (QED) is 0.933. The van der Waals surface area contributed by atoms with Crippen molar-refractivity contribution in [3.05, 3.63) is 65.2 Å². The Morgan fingerprint density at radius 2 is 1.83 bits per heavy atom. The molecule has 0 bridgehead atoms. The zero-order valence-corrected chi connectivity index (χ0v) is 13.7. The number of nitrogens with two attached hydrogens (primary N) is 1. The summed E-state index contributed by atoms with van der Waals surface area (Å²) in [4.78, 5) is 13.6. The third-order valence-electron chi connectivity index (χ3n) is 3.68. The summed E-state index contributed by atoms with van der Waals surface area (Å²) in [5, 5.41) is 9.18. The van der Waals surface area contributed by atoms with E-state index in [4.69, 9.17) is 5.73 Å². The van der Waals surface area contributed by atoms with Gasteiger partial charge < -0.3 is 5.73 Å². The van der Waals surface area contributed by atoms with Crippen molar-refractivity contribution in [2.75, 3.05) is 4.90 Å². The molecule has 0 aliphatic heterocycles. The Balaban J connectivity index is 2.54. The Labute approximate surface area is 137 Å². The maximum atomic E-state index is 12.0. The van der Waals surface area contributed by atoms with E-state index < -0.39 is 6.03 Å². The first kappa shape index (κ1) is 16.6. The second-order valence-electron chi connectivity index (χ2n) is 6.50. The molecule has 23 heavy (non-hydrogen) atoms. The van der Waals surface area contributed by atoms with Gasteiger partial charge in [0.05, 0.1) is 23.9 Å². The number of anilines is 1. The number of carbonyl (C=O) groups is 1. The number of primary amides is 1. The van der Waals surface area contributed by atoms with Crippen LogP contribution in [0.5, 0.6) is 0 Å². The van der Waals surface area contributed by atoms with Crippen LogP contribution in [0.2, 0.25) is 0 Å². The topological polar surface area (TPSA) is 70.1 Å². The average Bonchev–Trinajstić information content (AvgIpc) is 2.51. The zero-order valence-electron chi connectivity index (χ0n) is 13.7. The highest BCUT2D eigenvalue weighted by molar-refractivity contribution is 5.92. The van der Waals surface area contributed by atoms with Crippen LogP contribution in [0.4, 0.5) is 10.5 Å². The number of nitrogens with zero attached hydrogens (tertiary/aromatic N) is 2. The summed E-state index contributed by atoms with van der Waals surface area (Å²) in [6.45, 7) is 6.58. The lowest BCUT2D eigenvalue weighted by molar-refractivity contribution is 0.253. The highest BCUT2D eigenvalue weighted by atomic mass is 16.2. The monoisotopic (exact) mass is 307 g/mol. The molecule has 2 amide bonds. The molecule has 4 nitrogen and oxygen atoms in total. The molecule has 0 saturated carbocycles. The fraction of sp³-hybridized carbons (Fsp3) is 0.263. The summed E-state index contributed by atoms with van der Waals surface area (Å²) in [6, 6.07) is 16.6. The van der Waals surface area contributed by atoms with Gasteiger partial charge in [-0.3, -0.25) is 4.90 Å². The lowest BCUT2D eigenvalue weighted by Crippen LogP contribution is -2.37. The van der Waals surface area contributed by atoms with E-state index in [2.05, 4.69) is 26.8 Å². The summed E-state index contributed by atoms with van der Waals surface area (Å²) in [6.07, 6.45) is 0. The molecular weight excluding hydrogens is 286 g/mol. The van der Waals surface area contributed by atoms with Crippen molar-refractivity contribution in [3.8, 4) is 6.07 Å². The number of hydrogen-bond donors (Lipinski definition) is 1. The number of rotatable bonds is 3. The van der Waals surface area contributed by atoms with Gasteiger partial charge in [0, 0.05) is 0 Å². The minimum absolute atomic E-state index is 0.173. The normalized spacial score (nSPS) is 10.9. The lowest BCUT2D eigenvalue weighted by Gasteiger charge is -2.29. The van der Waals surface area contributed by atoms with Crippen molar-refractivity contribution in [1.82, 2.24) is 0 Å². The zero-order chi connectivity index (χ0) is 17.0. The Morgan fingerprint density at radius 1 is 1.17 bits per heavy atom. The van der Waals surface area contributed by atoms with E-state index in [1.165, 1.54) is 4.90 Å². The molecule has 0 aliphatic rings. The number of carbonyl (C=O) groups excluding carboxylic acids is 1. The fourth-order valence-corrected chi connectivity index (χ4v) is 2.51. The number of amides is 2. The summed E-state index contributed by atoms with van der Waals surface area (Å²) in [5.41, 5.74) is 8.60. The maximum Gasteiger partial charge on any atom is 0.319 e. The van der Waals surface area contributed by atoms with Crippen LogP contribution in [0.25, 0.3) is 0 Å². The highest BCUT2D eigenvalue weighted by Gasteiger charge is 2.24. The molecule has 0 unspecified atom stereocenters. The van der Waals surface area contributed by atoms with Crippen molar-refractivity contribution < 1.29 is 4.79 Å². The maximum absolute atomic E-state index is 12.0. The van der Waals surface area contributed by atoms with Crippen molar-refractivity contribution >= 4 is 11.7 Å². The summed E-state index contributed by atoms with van der Waals surface area (Å²) in [5.74, 6) is 0. The SMILES string of the molecule is CC(C)(C)c1ccc(C#N)cc1N(Cc1ccccc1)C(N)=O. The van der Waals surface area contributed by atoms with Crippen LogP contribution in [-0.2, 0) is 12.0 Å². The van der Waals surface area contributed by atoms with Crippen LogP contribution >= 0.6 is 0 Å². The molecular formula is C19H21N3O. The minimum Gasteiger partial charge on any atom is -0.351 e. The summed E-state index contributed by atoms with van der Waals surface area (Å²) < 4.78 is 0. The van der Waals surface area contributed by atoms with Crippen LogP contribution in [0, 0.1) is 11.3 Å². The Morgan fingerprint density at radius 3 is 2.35 bits per heavy atom. The van der Waals surface area contributed by atoms with Gasteiger partial charge in [0.25, 0.3) is 0 Å². The Hall–Kier alpha value is -2.80. The van der Waals surface area contributed by atoms with Crippen LogP contribution in [0.15, 0.2) is 48.5 Å². The van der Waals surface area contributed by atoms with E-state index >= 15 is 0 Å². The smallest absolute Gasteiger partial charge is 0.319 e. The largest absolute Gasteiger partial charge is 0.351 e. The molecule has 0 spiro atoms. The molecule has 0 aromatic heterocycles.